The molecule has 7 nitrogen and oxygen atoms in total. The van der Waals surface area contributed by atoms with Crippen LogP contribution in [0.2, 0.25) is 0 Å². The van der Waals surface area contributed by atoms with Crippen molar-refractivity contribution in [2.75, 3.05) is 11.8 Å². The average molecular weight is 329 g/mol. The van der Waals surface area contributed by atoms with Gasteiger partial charge >= 0.3 is 5.97 Å². The number of anilines is 1. The number of sulfonamides is 1. The van der Waals surface area contributed by atoms with Crippen LogP contribution in [0, 0.1) is 20.8 Å². The number of esters is 1. The van der Waals surface area contributed by atoms with Gasteiger partial charge in [-0.15, -0.1) is 11.3 Å². The number of methoxy groups -OCH3 is 1. The van der Waals surface area contributed by atoms with E-state index in [4.69, 9.17) is 0 Å². The molecule has 0 saturated heterocycles. The molecule has 2 N–H and O–H groups in total. The van der Waals surface area contributed by atoms with Gasteiger partial charge in [-0.1, -0.05) is 0 Å². The average Bonchev–Trinajstić information content (AvgIpc) is 2.93. The van der Waals surface area contributed by atoms with Gasteiger partial charge in [0.1, 0.15) is 9.77 Å². The SMILES string of the molecule is COC(=O)c1scc(C)c1NS(=O)(=O)c1c(C)n[nH]c1C. The van der Waals surface area contributed by atoms with Crippen molar-refractivity contribution in [2.24, 2.45) is 0 Å². The second-order valence-corrected chi connectivity index (χ2v) is 6.98. The highest BCUT2D eigenvalue weighted by molar-refractivity contribution is 7.92. The number of nitrogens with zero attached hydrogens (tertiary/aromatic N) is 1. The van der Waals surface area contributed by atoms with Crippen LogP contribution in [0.25, 0.3) is 0 Å². The molecule has 114 valence electrons. The number of carbonyl (C=O) groups excluding carboxylic acids is 1. The van der Waals surface area contributed by atoms with Crippen molar-refractivity contribution in [2.45, 2.75) is 25.7 Å². The van der Waals surface area contributed by atoms with E-state index in [1.165, 1.54) is 7.11 Å². The molecule has 0 fully saturated rings. The largest absolute Gasteiger partial charge is 0.465 e. The summed E-state index contributed by atoms with van der Waals surface area (Å²) in [6.07, 6.45) is 0. The molecule has 2 heterocycles. The van der Waals surface area contributed by atoms with Crippen LogP contribution in [-0.4, -0.2) is 31.7 Å². The molecule has 0 aromatic carbocycles. The third-order valence-corrected chi connectivity index (χ3v) is 5.60. The van der Waals surface area contributed by atoms with Gasteiger partial charge in [-0.3, -0.25) is 9.82 Å². The maximum absolute atomic E-state index is 12.5. The molecular formula is C12H15N3O4S2. The number of aromatic amines is 1. The van der Waals surface area contributed by atoms with Crippen molar-refractivity contribution in [1.29, 1.82) is 0 Å². The highest BCUT2D eigenvalue weighted by Gasteiger charge is 2.26. The number of hydrogen-bond donors (Lipinski definition) is 2. The summed E-state index contributed by atoms with van der Waals surface area (Å²) in [7, 11) is -2.58. The lowest BCUT2D eigenvalue weighted by Crippen LogP contribution is -2.16. The Hall–Kier alpha value is -1.87. The van der Waals surface area contributed by atoms with Crippen LogP contribution in [0.15, 0.2) is 10.3 Å². The van der Waals surface area contributed by atoms with E-state index in [0.717, 1.165) is 11.3 Å². The minimum Gasteiger partial charge on any atom is -0.465 e. The Labute approximate surface area is 126 Å². The number of H-pyrrole nitrogens is 1. The molecule has 9 heteroatoms. The molecule has 2 aromatic heterocycles. The van der Waals surface area contributed by atoms with Crippen LogP contribution < -0.4 is 4.72 Å². The number of aromatic nitrogens is 2. The molecule has 0 saturated carbocycles. The number of rotatable bonds is 4. The van der Waals surface area contributed by atoms with Crippen LogP contribution >= 0.6 is 11.3 Å². The number of hydrogen-bond acceptors (Lipinski definition) is 6. The van der Waals surface area contributed by atoms with Gasteiger partial charge in [0, 0.05) is 0 Å². The molecule has 0 radical (unpaired) electrons. The quantitative estimate of drug-likeness (QED) is 0.835. The van der Waals surface area contributed by atoms with E-state index in [0.29, 0.717) is 17.0 Å². The van der Waals surface area contributed by atoms with Gasteiger partial charge < -0.3 is 4.74 Å². The fourth-order valence-electron chi connectivity index (χ4n) is 1.94. The van der Waals surface area contributed by atoms with Gasteiger partial charge in [0.25, 0.3) is 10.0 Å². The predicted molar refractivity (Wildman–Crippen MR) is 79.3 cm³/mol. The standard InChI is InChI=1S/C12H15N3O4S2/c1-6-5-20-10(12(16)19-4)9(6)15-21(17,18)11-7(2)13-14-8(11)3/h5,15H,1-4H3,(H,13,14). The maximum atomic E-state index is 12.5. The van der Waals surface area contributed by atoms with E-state index < -0.39 is 16.0 Å². The van der Waals surface area contributed by atoms with Crippen molar-refractivity contribution >= 4 is 33.0 Å². The summed E-state index contributed by atoms with van der Waals surface area (Å²) >= 11 is 1.13. The second-order valence-electron chi connectivity index (χ2n) is 4.48. The zero-order valence-electron chi connectivity index (χ0n) is 12.0. The molecule has 21 heavy (non-hydrogen) atoms. The van der Waals surface area contributed by atoms with E-state index in [2.05, 4.69) is 19.7 Å². The molecule has 2 rings (SSSR count). The number of aryl methyl sites for hydroxylation is 3. The molecule has 0 bridgehead atoms. The Morgan fingerprint density at radius 2 is 2.05 bits per heavy atom. The van der Waals surface area contributed by atoms with E-state index in [1.807, 2.05) is 0 Å². The lowest BCUT2D eigenvalue weighted by atomic mass is 10.3. The molecule has 0 aliphatic carbocycles. The smallest absolute Gasteiger partial charge is 0.350 e. The van der Waals surface area contributed by atoms with E-state index in [1.54, 1.807) is 26.2 Å². The number of nitrogens with one attached hydrogen (secondary N) is 2. The van der Waals surface area contributed by atoms with Crippen molar-refractivity contribution in [3.63, 3.8) is 0 Å². The molecular weight excluding hydrogens is 314 g/mol. The highest BCUT2D eigenvalue weighted by Crippen LogP contribution is 2.31. The summed E-state index contributed by atoms with van der Waals surface area (Å²) < 4.78 is 32.1. The summed E-state index contributed by atoms with van der Waals surface area (Å²) in [5.41, 5.74) is 1.70. The first kappa shape index (κ1) is 15.5. The van der Waals surface area contributed by atoms with E-state index >= 15 is 0 Å². The van der Waals surface area contributed by atoms with Crippen molar-refractivity contribution in [3.8, 4) is 0 Å². The second kappa shape index (κ2) is 5.49. The molecule has 0 spiro atoms. The zero-order valence-corrected chi connectivity index (χ0v) is 13.6. The van der Waals surface area contributed by atoms with Crippen molar-refractivity contribution in [3.05, 3.63) is 27.2 Å². The Bertz CT molecular complexity index is 770. The van der Waals surface area contributed by atoms with Crippen LogP contribution in [0.3, 0.4) is 0 Å². The normalized spacial score (nSPS) is 11.4. The maximum Gasteiger partial charge on any atom is 0.350 e. The number of ether oxygens (including phenoxy) is 1. The molecule has 2 aromatic rings. The third-order valence-electron chi connectivity index (χ3n) is 2.91. The first-order valence-corrected chi connectivity index (χ1v) is 8.35. The van der Waals surface area contributed by atoms with Crippen LogP contribution in [0.5, 0.6) is 0 Å². The van der Waals surface area contributed by atoms with Crippen LogP contribution in [0.1, 0.15) is 26.6 Å². The van der Waals surface area contributed by atoms with E-state index in [9.17, 15) is 13.2 Å². The first-order chi connectivity index (χ1) is 9.77. The van der Waals surface area contributed by atoms with Gasteiger partial charge in [0.15, 0.2) is 0 Å². The highest BCUT2D eigenvalue weighted by atomic mass is 32.2. The predicted octanol–water partition coefficient (Wildman–Crippen LogP) is 1.98. The van der Waals surface area contributed by atoms with Gasteiger partial charge in [-0.05, 0) is 31.7 Å². The van der Waals surface area contributed by atoms with Gasteiger partial charge in [-0.25, -0.2) is 13.2 Å². The van der Waals surface area contributed by atoms with Crippen LogP contribution in [0.4, 0.5) is 5.69 Å². The van der Waals surface area contributed by atoms with Crippen LogP contribution in [-0.2, 0) is 14.8 Å². The van der Waals surface area contributed by atoms with E-state index in [-0.39, 0.29) is 15.5 Å². The summed E-state index contributed by atoms with van der Waals surface area (Å²) in [5.74, 6) is -0.577. The Kier molecular flexibility index (Phi) is 4.06. The summed E-state index contributed by atoms with van der Waals surface area (Å²) in [5, 5.41) is 8.20. The number of thiophene rings is 1. The summed E-state index contributed by atoms with van der Waals surface area (Å²) in [4.78, 5) is 12.0. The minimum atomic E-state index is -3.83. The fourth-order valence-corrected chi connectivity index (χ4v) is 4.44. The minimum absolute atomic E-state index is 0.0870. The Morgan fingerprint density at radius 1 is 1.38 bits per heavy atom. The Balaban J connectivity index is 2.47. The third kappa shape index (κ3) is 2.79. The van der Waals surface area contributed by atoms with Crippen molar-refractivity contribution in [1.82, 2.24) is 10.2 Å². The molecule has 0 unspecified atom stereocenters. The summed E-state index contributed by atoms with van der Waals surface area (Å²) in [6, 6.07) is 0. The Morgan fingerprint density at radius 3 is 2.57 bits per heavy atom. The molecule has 0 atom stereocenters. The first-order valence-electron chi connectivity index (χ1n) is 5.98. The zero-order chi connectivity index (χ0) is 15.8. The van der Waals surface area contributed by atoms with Gasteiger partial charge in [0.2, 0.25) is 0 Å². The fraction of sp³-hybridized carbons (Fsp3) is 0.333. The monoisotopic (exact) mass is 329 g/mol. The van der Waals surface area contributed by atoms with Gasteiger partial charge in [-0.2, -0.15) is 5.10 Å². The van der Waals surface area contributed by atoms with Gasteiger partial charge in [0.05, 0.1) is 24.2 Å². The lowest BCUT2D eigenvalue weighted by Gasteiger charge is -2.09. The van der Waals surface area contributed by atoms with Crippen molar-refractivity contribution < 1.29 is 17.9 Å². The molecule has 0 amide bonds. The number of carbonyl (C=O) groups is 1. The topological polar surface area (TPSA) is 101 Å². The molecule has 0 aliphatic heterocycles. The summed E-state index contributed by atoms with van der Waals surface area (Å²) in [6.45, 7) is 4.94. The lowest BCUT2D eigenvalue weighted by molar-refractivity contribution is 0.0607. The molecule has 0 aliphatic rings.